The van der Waals surface area contributed by atoms with Crippen molar-refractivity contribution < 1.29 is 4.74 Å². The van der Waals surface area contributed by atoms with Gasteiger partial charge in [-0.15, -0.1) is 0 Å². The fraction of sp³-hybridized carbons (Fsp3) is 0.400. The average Bonchev–Trinajstić information content (AvgIpc) is 2.77. The Balaban J connectivity index is 2.64. The predicted molar refractivity (Wildman–Crippen MR) is 81.7 cm³/mol. The Morgan fingerprint density at radius 2 is 1.85 bits per heavy atom. The van der Waals surface area contributed by atoms with Gasteiger partial charge in [-0.1, -0.05) is 32.4 Å². The van der Waals surface area contributed by atoms with Crippen LogP contribution in [0.2, 0.25) is 5.02 Å². The highest BCUT2D eigenvalue weighted by Gasteiger charge is 2.27. The van der Waals surface area contributed by atoms with Crippen molar-refractivity contribution in [2.24, 2.45) is 5.73 Å². The maximum atomic E-state index is 5.93. The second-order valence-corrected chi connectivity index (χ2v) is 6.12. The van der Waals surface area contributed by atoms with Gasteiger partial charge in [0.15, 0.2) is 0 Å². The summed E-state index contributed by atoms with van der Waals surface area (Å²) in [7, 11) is 1.63. The number of methoxy groups -OCH3 is 1. The van der Waals surface area contributed by atoms with Crippen molar-refractivity contribution in [3.63, 3.8) is 0 Å². The number of hydrogen-bond donors (Lipinski definition) is 1. The monoisotopic (exact) mass is 293 g/mol. The molecule has 0 saturated heterocycles. The van der Waals surface area contributed by atoms with Crippen LogP contribution >= 0.6 is 11.6 Å². The number of hydrogen-bond acceptors (Lipinski definition) is 3. The normalized spacial score (nSPS) is 11.7. The standard InChI is InChI=1S/C15H20ClN3O/c1-15(2,3)13-12(9-17)14(20-4)19(18-13)11-7-5-10(16)6-8-11/h5-8H,9,17H2,1-4H3. The lowest BCUT2D eigenvalue weighted by atomic mass is 9.89. The molecule has 0 fully saturated rings. The third-order valence-electron chi connectivity index (χ3n) is 3.12. The Bertz CT molecular complexity index is 597. The molecule has 0 unspecified atom stereocenters. The lowest BCUT2D eigenvalue weighted by Crippen LogP contribution is -2.16. The maximum absolute atomic E-state index is 5.93. The third kappa shape index (κ3) is 2.67. The van der Waals surface area contributed by atoms with Crippen LogP contribution in [-0.2, 0) is 12.0 Å². The van der Waals surface area contributed by atoms with E-state index in [1.807, 2.05) is 24.3 Å². The number of nitrogens with zero attached hydrogens (tertiary/aromatic N) is 2. The minimum atomic E-state index is -0.0976. The van der Waals surface area contributed by atoms with Gasteiger partial charge in [0.25, 0.3) is 0 Å². The first-order valence-electron chi connectivity index (χ1n) is 6.51. The zero-order chi connectivity index (χ0) is 14.9. The molecule has 1 aromatic carbocycles. The molecule has 5 heteroatoms. The zero-order valence-corrected chi connectivity index (χ0v) is 13.0. The number of benzene rings is 1. The summed E-state index contributed by atoms with van der Waals surface area (Å²) in [6.07, 6.45) is 0. The summed E-state index contributed by atoms with van der Waals surface area (Å²) in [5.74, 6) is 0.680. The average molecular weight is 294 g/mol. The van der Waals surface area contributed by atoms with E-state index in [1.165, 1.54) is 0 Å². The molecule has 4 nitrogen and oxygen atoms in total. The highest BCUT2D eigenvalue weighted by molar-refractivity contribution is 6.30. The van der Waals surface area contributed by atoms with Gasteiger partial charge in [0.2, 0.25) is 5.88 Å². The van der Waals surface area contributed by atoms with Gasteiger partial charge in [-0.2, -0.15) is 5.10 Å². The zero-order valence-electron chi connectivity index (χ0n) is 12.3. The minimum Gasteiger partial charge on any atom is -0.481 e. The summed E-state index contributed by atoms with van der Waals surface area (Å²) in [6.45, 7) is 6.73. The second-order valence-electron chi connectivity index (χ2n) is 5.68. The first-order valence-corrected chi connectivity index (χ1v) is 6.88. The van der Waals surface area contributed by atoms with Gasteiger partial charge in [-0.3, -0.25) is 0 Å². The van der Waals surface area contributed by atoms with E-state index in [9.17, 15) is 0 Å². The SMILES string of the molecule is COc1c(CN)c(C(C)(C)C)nn1-c1ccc(Cl)cc1. The molecule has 20 heavy (non-hydrogen) atoms. The molecule has 108 valence electrons. The molecule has 0 amide bonds. The third-order valence-corrected chi connectivity index (χ3v) is 3.37. The predicted octanol–water partition coefficient (Wildman–Crippen LogP) is 3.29. The molecule has 0 bridgehead atoms. The molecule has 0 spiro atoms. The lowest BCUT2D eigenvalue weighted by molar-refractivity contribution is 0.379. The van der Waals surface area contributed by atoms with E-state index in [-0.39, 0.29) is 5.41 Å². The number of rotatable bonds is 3. The van der Waals surface area contributed by atoms with Crippen molar-refractivity contribution >= 4 is 11.6 Å². The van der Waals surface area contributed by atoms with Crippen LogP contribution in [0.5, 0.6) is 5.88 Å². The molecule has 0 radical (unpaired) electrons. The van der Waals surface area contributed by atoms with Gasteiger partial charge >= 0.3 is 0 Å². The number of aromatic nitrogens is 2. The van der Waals surface area contributed by atoms with E-state index in [4.69, 9.17) is 27.2 Å². The number of nitrogens with two attached hydrogens (primary N) is 1. The second kappa shape index (κ2) is 5.46. The fourth-order valence-electron chi connectivity index (χ4n) is 2.19. The van der Waals surface area contributed by atoms with Crippen molar-refractivity contribution in [2.45, 2.75) is 32.7 Å². The highest BCUT2D eigenvalue weighted by Crippen LogP contribution is 2.33. The molecule has 2 rings (SSSR count). The van der Waals surface area contributed by atoms with Crippen LogP contribution in [0.4, 0.5) is 0 Å². The van der Waals surface area contributed by atoms with E-state index in [1.54, 1.807) is 11.8 Å². The maximum Gasteiger partial charge on any atom is 0.221 e. The summed E-state index contributed by atoms with van der Waals surface area (Å²) in [5.41, 5.74) is 8.58. The van der Waals surface area contributed by atoms with Crippen LogP contribution in [0, 0.1) is 0 Å². The van der Waals surface area contributed by atoms with Crippen molar-refractivity contribution in [2.75, 3.05) is 7.11 Å². The van der Waals surface area contributed by atoms with Crippen molar-refractivity contribution in [1.82, 2.24) is 9.78 Å². The van der Waals surface area contributed by atoms with Gasteiger partial charge in [0, 0.05) is 17.0 Å². The number of ether oxygens (including phenoxy) is 1. The first kappa shape index (κ1) is 14.9. The van der Waals surface area contributed by atoms with E-state index >= 15 is 0 Å². The van der Waals surface area contributed by atoms with Crippen LogP contribution in [0.3, 0.4) is 0 Å². The van der Waals surface area contributed by atoms with Gasteiger partial charge in [0.1, 0.15) is 0 Å². The summed E-state index contributed by atoms with van der Waals surface area (Å²) in [4.78, 5) is 0. The van der Waals surface area contributed by atoms with Crippen molar-refractivity contribution in [3.05, 3.63) is 40.5 Å². The molecule has 0 saturated carbocycles. The first-order chi connectivity index (χ1) is 9.38. The molecular formula is C15H20ClN3O. The Kier molecular flexibility index (Phi) is 4.06. The van der Waals surface area contributed by atoms with Crippen LogP contribution in [0.25, 0.3) is 5.69 Å². The van der Waals surface area contributed by atoms with Gasteiger partial charge in [0.05, 0.1) is 24.1 Å². The molecule has 0 aliphatic carbocycles. The Morgan fingerprint density at radius 3 is 2.30 bits per heavy atom. The molecule has 1 heterocycles. The van der Waals surface area contributed by atoms with Crippen LogP contribution in [0.1, 0.15) is 32.0 Å². The van der Waals surface area contributed by atoms with E-state index < -0.39 is 0 Å². The summed E-state index contributed by atoms with van der Waals surface area (Å²) in [5, 5.41) is 5.38. The van der Waals surface area contributed by atoms with E-state index in [0.717, 1.165) is 16.9 Å². The molecule has 0 aliphatic rings. The molecular weight excluding hydrogens is 274 g/mol. The Morgan fingerprint density at radius 1 is 1.25 bits per heavy atom. The molecule has 0 atom stereocenters. The fourth-order valence-corrected chi connectivity index (χ4v) is 2.31. The van der Waals surface area contributed by atoms with E-state index in [0.29, 0.717) is 17.4 Å². The molecule has 2 aromatic rings. The number of halogens is 1. The molecule has 1 aromatic heterocycles. The van der Waals surface area contributed by atoms with Gasteiger partial charge in [-0.05, 0) is 24.3 Å². The van der Waals surface area contributed by atoms with Crippen LogP contribution < -0.4 is 10.5 Å². The van der Waals surface area contributed by atoms with Crippen molar-refractivity contribution in [1.29, 1.82) is 0 Å². The highest BCUT2D eigenvalue weighted by atomic mass is 35.5. The lowest BCUT2D eigenvalue weighted by Gasteiger charge is -2.16. The van der Waals surface area contributed by atoms with Gasteiger partial charge < -0.3 is 10.5 Å². The topological polar surface area (TPSA) is 53.1 Å². The summed E-state index contributed by atoms with van der Waals surface area (Å²) in [6, 6.07) is 7.48. The molecule has 0 aliphatic heterocycles. The van der Waals surface area contributed by atoms with E-state index in [2.05, 4.69) is 20.8 Å². The van der Waals surface area contributed by atoms with Crippen molar-refractivity contribution in [3.8, 4) is 11.6 Å². The van der Waals surface area contributed by atoms with Crippen LogP contribution in [-0.4, -0.2) is 16.9 Å². The quantitative estimate of drug-likeness (QED) is 0.945. The summed E-state index contributed by atoms with van der Waals surface area (Å²) >= 11 is 5.93. The molecule has 2 N–H and O–H groups in total. The Hall–Kier alpha value is -1.52. The largest absolute Gasteiger partial charge is 0.481 e. The van der Waals surface area contributed by atoms with Crippen LogP contribution in [0.15, 0.2) is 24.3 Å². The van der Waals surface area contributed by atoms with Gasteiger partial charge in [-0.25, -0.2) is 4.68 Å². The Labute approximate surface area is 124 Å². The minimum absolute atomic E-state index is 0.0976. The summed E-state index contributed by atoms with van der Waals surface area (Å²) < 4.78 is 7.29. The smallest absolute Gasteiger partial charge is 0.221 e.